The van der Waals surface area contributed by atoms with E-state index >= 15 is 4.39 Å². The summed E-state index contributed by atoms with van der Waals surface area (Å²) in [6, 6.07) is 15.4. The Kier molecular flexibility index (Phi) is 11.3. The van der Waals surface area contributed by atoms with Crippen LogP contribution in [-0.2, 0) is 25.5 Å². The zero-order chi connectivity index (χ0) is 48.7. The first-order valence-electron chi connectivity index (χ1n) is 24.1. The van der Waals surface area contributed by atoms with Gasteiger partial charge in [-0.25, -0.2) is 23.9 Å². The number of likely N-dealkylation sites (tertiary alicyclic amines) is 2. The van der Waals surface area contributed by atoms with Gasteiger partial charge in [0.1, 0.15) is 41.0 Å². The zero-order valence-electron chi connectivity index (χ0n) is 39.9. The van der Waals surface area contributed by atoms with E-state index in [1.807, 2.05) is 73.6 Å². The molecule has 5 aliphatic rings. The maximum atomic E-state index is 17.0. The van der Waals surface area contributed by atoms with Crippen LogP contribution in [0.3, 0.4) is 0 Å². The number of hydrogen-bond acceptors (Lipinski definition) is 10. The number of carbonyl (C=O) groups excluding carboxylic acids is 4. The molecule has 70 heavy (non-hydrogen) atoms. The number of alkyl carbamates (subject to hydrolysis) is 2. The lowest BCUT2D eigenvalue weighted by Crippen LogP contribution is -2.52. The first-order chi connectivity index (χ1) is 33.8. The van der Waals surface area contributed by atoms with Gasteiger partial charge in [0.05, 0.1) is 73.5 Å². The number of nitrogens with zero attached hydrogens (tertiary/aromatic N) is 5. The van der Waals surface area contributed by atoms with Crippen LogP contribution in [0.15, 0.2) is 67.0 Å². The van der Waals surface area contributed by atoms with E-state index in [1.165, 1.54) is 20.3 Å². The summed E-state index contributed by atoms with van der Waals surface area (Å²) in [4.78, 5) is 72.3. The van der Waals surface area contributed by atoms with Crippen molar-refractivity contribution in [2.45, 2.75) is 96.2 Å². The van der Waals surface area contributed by atoms with Crippen molar-refractivity contribution in [3.8, 4) is 45.3 Å². The standard InChI is InChI=1S/C52H56FN9O8/c1-25(2)44(58-51(65)67-5)48(63)60-14-7-8-37(60)46-54-24-35(57-46)30-17-33(53)43-39-19-31-16-28(11-12-36(31)62(39)50(70-42(43)22-30)29-10-9-27-13-15-69-41(27)21-29)34-23-55-47(56-34)40-20-32-18-38(32)61(40)49(64)45(26(3)4)59-52(66)68-6/h9-12,16-17,19,21-26,32,37-38,40,44-45,50H,7-8,13-15,18,20H2,1-6H3,(H,54,57)(H,55,56)(H,58,65)(H,59,66)/t32-,37+,38-,40+,44+,45+,50?/m1/s1. The number of aromatic nitrogens is 5. The topological polar surface area (TPSA) is 198 Å². The van der Waals surface area contributed by atoms with Crippen LogP contribution in [0.2, 0.25) is 0 Å². The molecule has 2 saturated heterocycles. The third-order valence-electron chi connectivity index (χ3n) is 14.7. The van der Waals surface area contributed by atoms with E-state index in [9.17, 15) is 19.2 Å². The minimum atomic E-state index is -0.778. The van der Waals surface area contributed by atoms with Gasteiger partial charge in [0.2, 0.25) is 18.0 Å². The van der Waals surface area contributed by atoms with Crippen LogP contribution >= 0.6 is 0 Å². The van der Waals surface area contributed by atoms with E-state index in [-0.39, 0.29) is 41.8 Å². The van der Waals surface area contributed by atoms with Gasteiger partial charge < -0.3 is 53.9 Å². The van der Waals surface area contributed by atoms with Gasteiger partial charge >= 0.3 is 12.2 Å². The summed E-state index contributed by atoms with van der Waals surface area (Å²) >= 11 is 0. The molecule has 3 aromatic carbocycles. The van der Waals surface area contributed by atoms with E-state index in [4.69, 9.17) is 28.9 Å². The fourth-order valence-corrected chi connectivity index (χ4v) is 11.0. The van der Waals surface area contributed by atoms with Gasteiger partial charge in [-0.2, -0.15) is 0 Å². The number of nitrogens with one attached hydrogen (secondary N) is 4. The van der Waals surface area contributed by atoms with E-state index in [1.54, 1.807) is 17.3 Å². The normalized spacial score (nSPS) is 21.6. The molecule has 11 rings (SSSR count). The molecule has 6 aromatic rings. The Morgan fingerprint density at radius 3 is 2.21 bits per heavy atom. The van der Waals surface area contributed by atoms with E-state index < -0.39 is 36.3 Å². The van der Waals surface area contributed by atoms with Crippen LogP contribution in [0.4, 0.5) is 14.0 Å². The Morgan fingerprint density at radius 2 is 1.50 bits per heavy atom. The highest BCUT2D eigenvalue weighted by molar-refractivity contribution is 5.93. The van der Waals surface area contributed by atoms with Crippen LogP contribution in [0.25, 0.3) is 44.7 Å². The monoisotopic (exact) mass is 953 g/mol. The van der Waals surface area contributed by atoms with Crippen molar-refractivity contribution in [1.29, 1.82) is 0 Å². The molecule has 4 N–H and O–H groups in total. The number of rotatable bonds is 11. The third-order valence-corrected chi connectivity index (χ3v) is 14.7. The number of methoxy groups -OCH3 is 2. The molecule has 364 valence electrons. The fourth-order valence-electron chi connectivity index (χ4n) is 11.0. The Labute approximate surface area is 403 Å². The molecular formula is C52H56FN9O8. The van der Waals surface area contributed by atoms with Gasteiger partial charge in [0, 0.05) is 41.1 Å². The molecule has 0 bridgehead atoms. The van der Waals surface area contributed by atoms with Crippen LogP contribution in [-0.4, -0.2) is 104 Å². The average molecular weight is 954 g/mol. The summed E-state index contributed by atoms with van der Waals surface area (Å²) in [7, 11) is 2.55. The second-order valence-electron chi connectivity index (χ2n) is 19.8. The molecule has 4 amide bonds. The lowest BCUT2D eigenvalue weighted by atomic mass is 10.0. The van der Waals surface area contributed by atoms with Gasteiger partial charge in [0.15, 0.2) is 0 Å². The molecule has 1 aliphatic carbocycles. The molecule has 7 heterocycles. The SMILES string of the molecule is COC(=O)N[C@H](C(=O)N1CCC[C@H]1c1ncc(-c2cc(F)c3c(c2)OC(c2ccc4c(c2)OCC4)n2c-3cc3cc(-c4cnc([C@@H]5C[C@H]6C[C@H]6N5C(=O)[C@@H](NC(=O)OC)C(C)C)[nH]4)ccc32)[nH]1)C(C)C. The maximum absolute atomic E-state index is 17.0. The van der Waals surface area contributed by atoms with Crippen molar-refractivity contribution in [3.63, 3.8) is 0 Å². The second kappa shape index (κ2) is 17.5. The third kappa shape index (κ3) is 7.76. The van der Waals surface area contributed by atoms with Crippen molar-refractivity contribution in [2.75, 3.05) is 27.4 Å². The molecule has 3 aromatic heterocycles. The molecule has 1 unspecified atom stereocenters. The molecule has 18 heteroatoms. The highest BCUT2D eigenvalue weighted by Crippen LogP contribution is 2.54. The smallest absolute Gasteiger partial charge is 0.407 e. The van der Waals surface area contributed by atoms with Gasteiger partial charge in [-0.1, -0.05) is 45.9 Å². The Bertz CT molecular complexity index is 3070. The molecule has 7 atom stereocenters. The van der Waals surface area contributed by atoms with Crippen molar-refractivity contribution in [3.05, 3.63) is 95.6 Å². The Balaban J connectivity index is 0.919. The van der Waals surface area contributed by atoms with E-state index in [0.717, 1.165) is 64.7 Å². The van der Waals surface area contributed by atoms with Crippen LogP contribution in [0.5, 0.6) is 11.5 Å². The van der Waals surface area contributed by atoms with E-state index in [2.05, 4.69) is 32.7 Å². The minimum Gasteiger partial charge on any atom is -0.493 e. The number of H-pyrrole nitrogens is 2. The number of piperidine rings is 1. The Hall–Kier alpha value is -7.37. The van der Waals surface area contributed by atoms with Gasteiger partial charge in [-0.3, -0.25) is 9.59 Å². The molecule has 1 saturated carbocycles. The summed E-state index contributed by atoms with van der Waals surface area (Å²) in [6.45, 7) is 8.64. The van der Waals surface area contributed by atoms with Crippen molar-refractivity contribution >= 4 is 34.9 Å². The van der Waals surface area contributed by atoms with Crippen molar-refractivity contribution < 1.29 is 42.5 Å². The zero-order valence-corrected chi connectivity index (χ0v) is 39.9. The number of ether oxygens (including phenoxy) is 4. The summed E-state index contributed by atoms with van der Waals surface area (Å²) < 4.78 is 41.5. The number of benzene rings is 3. The maximum Gasteiger partial charge on any atom is 0.407 e. The predicted octanol–water partition coefficient (Wildman–Crippen LogP) is 8.19. The molecule has 17 nitrogen and oxygen atoms in total. The van der Waals surface area contributed by atoms with E-state index in [0.29, 0.717) is 65.4 Å². The summed E-state index contributed by atoms with van der Waals surface area (Å²) in [5, 5.41) is 6.29. The number of halogens is 1. The van der Waals surface area contributed by atoms with Gasteiger partial charge in [0.25, 0.3) is 0 Å². The summed E-state index contributed by atoms with van der Waals surface area (Å²) in [5.41, 5.74) is 6.45. The quantitative estimate of drug-likeness (QED) is 0.0983. The number of aromatic amines is 2. The number of amides is 4. The lowest BCUT2D eigenvalue weighted by molar-refractivity contribution is -0.137. The summed E-state index contributed by atoms with van der Waals surface area (Å²) in [6.07, 6.45) is 5.37. The average Bonchev–Trinajstić information content (AvgIpc) is 4.12. The van der Waals surface area contributed by atoms with Crippen LogP contribution in [0.1, 0.15) is 94.5 Å². The highest BCUT2D eigenvalue weighted by Gasteiger charge is 2.56. The molecular weight excluding hydrogens is 898 g/mol. The van der Waals surface area contributed by atoms with Crippen LogP contribution < -0.4 is 20.1 Å². The number of fused-ring (bicyclic) bond motifs is 7. The largest absolute Gasteiger partial charge is 0.493 e. The van der Waals surface area contributed by atoms with Crippen molar-refractivity contribution in [1.82, 2.24) is 44.9 Å². The molecule has 4 aliphatic heterocycles. The first-order valence-corrected chi connectivity index (χ1v) is 24.1. The van der Waals surface area contributed by atoms with Crippen molar-refractivity contribution in [2.24, 2.45) is 17.8 Å². The molecule has 0 radical (unpaired) electrons. The number of hydrogen-bond donors (Lipinski definition) is 4. The van der Waals surface area contributed by atoms with Gasteiger partial charge in [-0.15, -0.1) is 0 Å². The highest BCUT2D eigenvalue weighted by atomic mass is 19.1. The fraction of sp³-hybridized carbons (Fsp3) is 0.423. The Morgan fingerprint density at radius 1 is 0.800 bits per heavy atom. The van der Waals surface area contributed by atoms with Crippen LogP contribution in [0, 0.1) is 23.6 Å². The number of imidazole rings is 2. The van der Waals surface area contributed by atoms with Gasteiger partial charge in [-0.05, 0) is 85.4 Å². The lowest BCUT2D eigenvalue weighted by Gasteiger charge is -2.31. The minimum absolute atomic E-state index is 0.0986. The molecule has 3 fully saturated rings. The predicted molar refractivity (Wildman–Crippen MR) is 255 cm³/mol. The number of carbonyl (C=O) groups is 4. The second-order valence-corrected chi connectivity index (χ2v) is 19.8. The molecule has 0 spiro atoms. The first kappa shape index (κ1) is 45.1. The summed E-state index contributed by atoms with van der Waals surface area (Å²) in [5.74, 6) is 1.59.